The number of benzene rings is 4. The highest BCUT2D eigenvalue weighted by atomic mass is 14.3. The molecule has 0 radical (unpaired) electrons. The van der Waals surface area contributed by atoms with E-state index in [1.807, 2.05) is 0 Å². The Hall–Kier alpha value is -3.12. The van der Waals surface area contributed by atoms with Gasteiger partial charge >= 0.3 is 0 Å². The summed E-state index contributed by atoms with van der Waals surface area (Å²) >= 11 is 0. The molecule has 0 heterocycles. The summed E-state index contributed by atoms with van der Waals surface area (Å²) in [4.78, 5) is 0. The lowest BCUT2D eigenvalue weighted by Crippen LogP contribution is -2.01. The summed E-state index contributed by atoms with van der Waals surface area (Å²) < 4.78 is 0. The second-order valence-electron chi connectivity index (χ2n) is 7.49. The summed E-state index contributed by atoms with van der Waals surface area (Å²) in [7, 11) is 0. The second kappa shape index (κ2) is 6.25. The van der Waals surface area contributed by atoms with E-state index in [1.165, 1.54) is 50.1 Å². The summed E-state index contributed by atoms with van der Waals surface area (Å²) in [6.45, 7) is 4.41. The van der Waals surface area contributed by atoms with Crippen LogP contribution in [0.3, 0.4) is 0 Å². The zero-order chi connectivity index (χ0) is 18.4. The van der Waals surface area contributed by atoms with Crippen molar-refractivity contribution in [1.82, 2.24) is 0 Å². The van der Waals surface area contributed by atoms with Crippen molar-refractivity contribution in [2.75, 3.05) is 0 Å². The van der Waals surface area contributed by atoms with Crippen molar-refractivity contribution in [3.05, 3.63) is 119 Å². The fraction of sp³-hybridized carbons (Fsp3) is 0.111. The normalized spacial score (nSPS) is 14.7. The Labute approximate surface area is 161 Å². The van der Waals surface area contributed by atoms with Crippen LogP contribution in [0.15, 0.2) is 91.0 Å². The van der Waals surface area contributed by atoms with Gasteiger partial charge in [-0.25, -0.2) is 0 Å². The summed E-state index contributed by atoms with van der Waals surface area (Å²) in [5, 5.41) is 0. The molecule has 4 aromatic carbocycles. The van der Waals surface area contributed by atoms with Crippen LogP contribution in [0.1, 0.15) is 33.7 Å². The zero-order valence-corrected chi connectivity index (χ0v) is 15.7. The van der Waals surface area contributed by atoms with Gasteiger partial charge in [-0.2, -0.15) is 0 Å². The molecule has 0 N–H and O–H groups in total. The average Bonchev–Trinajstić information content (AvgIpc) is 3.02. The Balaban J connectivity index is 1.74. The number of fused-ring (bicyclic) bond motifs is 3. The number of rotatable bonds is 2. The predicted molar refractivity (Wildman–Crippen MR) is 114 cm³/mol. The molecule has 27 heavy (non-hydrogen) atoms. The first-order valence-corrected chi connectivity index (χ1v) is 9.59. The summed E-state index contributed by atoms with van der Waals surface area (Å²) in [5.74, 6) is 0.323. The minimum atomic E-state index is 0.323. The van der Waals surface area contributed by atoms with Crippen molar-refractivity contribution in [3.8, 4) is 22.3 Å². The smallest absolute Gasteiger partial charge is 0.0354 e. The third-order valence-electron chi connectivity index (χ3n) is 5.88. The lowest BCUT2D eigenvalue weighted by molar-refractivity contribution is 0.997. The monoisotopic (exact) mass is 346 g/mol. The molecule has 1 aliphatic carbocycles. The van der Waals surface area contributed by atoms with Crippen molar-refractivity contribution < 1.29 is 0 Å². The Bertz CT molecular complexity index is 1150. The van der Waals surface area contributed by atoms with Crippen molar-refractivity contribution in [3.63, 3.8) is 0 Å². The molecule has 0 fully saturated rings. The fourth-order valence-electron chi connectivity index (χ4n) is 4.51. The molecule has 130 valence electrons. The number of hydrogen-bond donors (Lipinski definition) is 0. The largest absolute Gasteiger partial charge is 0.0620 e. The first kappa shape index (κ1) is 16.1. The molecule has 1 unspecified atom stereocenters. The molecule has 0 nitrogen and oxygen atoms in total. The molecule has 0 spiro atoms. The van der Waals surface area contributed by atoms with Crippen molar-refractivity contribution in [1.29, 1.82) is 0 Å². The first-order valence-electron chi connectivity index (χ1n) is 9.59. The SMILES string of the molecule is Cc1ccccc1-c1ccc2c(c1)-c1ccccc1C2c1ccccc1C. The van der Waals surface area contributed by atoms with E-state index < -0.39 is 0 Å². The van der Waals surface area contributed by atoms with Crippen LogP contribution in [-0.4, -0.2) is 0 Å². The summed E-state index contributed by atoms with van der Waals surface area (Å²) in [5.41, 5.74) is 12.3. The fourth-order valence-corrected chi connectivity index (χ4v) is 4.51. The van der Waals surface area contributed by atoms with Crippen LogP contribution in [0.2, 0.25) is 0 Å². The number of aryl methyl sites for hydroxylation is 2. The third kappa shape index (κ3) is 2.52. The van der Waals surface area contributed by atoms with E-state index in [9.17, 15) is 0 Å². The Morgan fingerprint density at radius 1 is 0.481 bits per heavy atom. The van der Waals surface area contributed by atoms with E-state index >= 15 is 0 Å². The Morgan fingerprint density at radius 2 is 1.07 bits per heavy atom. The van der Waals surface area contributed by atoms with E-state index in [1.54, 1.807) is 0 Å². The zero-order valence-electron chi connectivity index (χ0n) is 15.7. The Kier molecular flexibility index (Phi) is 3.72. The van der Waals surface area contributed by atoms with Crippen LogP contribution in [0.25, 0.3) is 22.3 Å². The van der Waals surface area contributed by atoms with Crippen molar-refractivity contribution in [2.45, 2.75) is 19.8 Å². The molecule has 0 saturated heterocycles. The molecule has 0 aliphatic heterocycles. The first-order chi connectivity index (χ1) is 13.2. The highest BCUT2D eigenvalue weighted by molar-refractivity contribution is 5.85. The second-order valence-corrected chi connectivity index (χ2v) is 7.49. The van der Waals surface area contributed by atoms with Crippen LogP contribution >= 0.6 is 0 Å². The van der Waals surface area contributed by atoms with Crippen LogP contribution < -0.4 is 0 Å². The lowest BCUT2D eigenvalue weighted by atomic mass is 9.86. The van der Waals surface area contributed by atoms with E-state index in [0.717, 1.165) is 0 Å². The molecular formula is C27H22. The molecule has 0 amide bonds. The molecule has 4 aromatic rings. The molecule has 5 rings (SSSR count). The van der Waals surface area contributed by atoms with Crippen LogP contribution in [0.4, 0.5) is 0 Å². The van der Waals surface area contributed by atoms with Crippen LogP contribution in [0, 0.1) is 13.8 Å². The topological polar surface area (TPSA) is 0 Å². The van der Waals surface area contributed by atoms with Crippen LogP contribution in [0.5, 0.6) is 0 Å². The quantitative estimate of drug-likeness (QED) is 0.319. The third-order valence-corrected chi connectivity index (χ3v) is 5.88. The van der Waals surface area contributed by atoms with E-state index in [0.29, 0.717) is 5.92 Å². The lowest BCUT2D eigenvalue weighted by Gasteiger charge is -2.17. The maximum absolute atomic E-state index is 2.38. The molecule has 0 saturated carbocycles. The molecule has 1 aliphatic rings. The highest BCUT2D eigenvalue weighted by Crippen LogP contribution is 2.49. The summed E-state index contributed by atoms with van der Waals surface area (Å²) in [6.07, 6.45) is 0. The standard InChI is InChI=1S/C27H22/c1-18-9-3-5-11-21(18)20-15-16-25-26(17-20)23-13-7-8-14-24(23)27(25)22-12-6-4-10-19(22)2/h3-17,27H,1-2H3. The molecule has 1 atom stereocenters. The van der Waals surface area contributed by atoms with E-state index in [4.69, 9.17) is 0 Å². The van der Waals surface area contributed by atoms with Gasteiger partial charge in [0.15, 0.2) is 0 Å². The minimum absolute atomic E-state index is 0.323. The maximum atomic E-state index is 2.38. The molecule has 0 aromatic heterocycles. The van der Waals surface area contributed by atoms with Gasteiger partial charge in [0.25, 0.3) is 0 Å². The van der Waals surface area contributed by atoms with Crippen molar-refractivity contribution >= 4 is 0 Å². The average molecular weight is 346 g/mol. The summed E-state index contributed by atoms with van der Waals surface area (Å²) in [6, 6.07) is 33.3. The minimum Gasteiger partial charge on any atom is -0.0620 e. The van der Waals surface area contributed by atoms with Crippen molar-refractivity contribution in [2.24, 2.45) is 0 Å². The van der Waals surface area contributed by atoms with Gasteiger partial charge in [0.1, 0.15) is 0 Å². The predicted octanol–water partition coefficient (Wildman–Crippen LogP) is 7.13. The van der Waals surface area contributed by atoms with Crippen LogP contribution in [-0.2, 0) is 0 Å². The maximum Gasteiger partial charge on any atom is 0.0354 e. The molecule has 0 bridgehead atoms. The molecule has 0 heteroatoms. The molecular weight excluding hydrogens is 324 g/mol. The van der Waals surface area contributed by atoms with E-state index in [2.05, 4.69) is 105 Å². The highest BCUT2D eigenvalue weighted by Gasteiger charge is 2.30. The van der Waals surface area contributed by atoms with Gasteiger partial charge < -0.3 is 0 Å². The van der Waals surface area contributed by atoms with Gasteiger partial charge in [0.2, 0.25) is 0 Å². The van der Waals surface area contributed by atoms with Gasteiger partial charge in [-0.1, -0.05) is 84.9 Å². The van der Waals surface area contributed by atoms with Gasteiger partial charge in [0, 0.05) is 5.92 Å². The van der Waals surface area contributed by atoms with Gasteiger partial charge in [0.05, 0.1) is 0 Å². The van der Waals surface area contributed by atoms with Gasteiger partial charge in [-0.3, -0.25) is 0 Å². The Morgan fingerprint density at radius 3 is 1.81 bits per heavy atom. The number of hydrogen-bond acceptors (Lipinski definition) is 0. The van der Waals surface area contributed by atoms with E-state index in [-0.39, 0.29) is 0 Å². The van der Waals surface area contributed by atoms with Gasteiger partial charge in [-0.15, -0.1) is 0 Å². The van der Waals surface area contributed by atoms with Gasteiger partial charge in [-0.05, 0) is 70.0 Å².